The van der Waals surface area contributed by atoms with Gasteiger partial charge in [-0.15, -0.1) is 0 Å². The second-order valence-corrected chi connectivity index (χ2v) is 5.40. The molecule has 102 valence electrons. The van der Waals surface area contributed by atoms with E-state index >= 15 is 0 Å². The van der Waals surface area contributed by atoms with Crippen LogP contribution in [0.3, 0.4) is 0 Å². The van der Waals surface area contributed by atoms with Crippen LogP contribution in [0.2, 0.25) is 0 Å². The third kappa shape index (κ3) is 3.23. The number of anilines is 1. The molecule has 0 aromatic carbocycles. The molecule has 0 bridgehead atoms. The molecule has 0 amide bonds. The van der Waals surface area contributed by atoms with E-state index in [1.54, 1.807) is 11.3 Å². The molecule has 0 saturated carbocycles. The molecule has 0 aliphatic carbocycles. The van der Waals surface area contributed by atoms with Crippen LogP contribution >= 0.6 is 24.2 Å². The van der Waals surface area contributed by atoms with Crippen molar-refractivity contribution in [3.05, 3.63) is 33.7 Å². The number of hydrogen-bond donors (Lipinski definition) is 3. The van der Waals surface area contributed by atoms with Crippen LogP contribution in [0, 0.1) is 13.8 Å². The molecule has 7 heteroatoms. The minimum Gasteiger partial charge on any atom is -0.396 e. The first-order valence-electron chi connectivity index (χ1n) is 5.95. The van der Waals surface area contributed by atoms with E-state index in [1.165, 1.54) is 10.6 Å². The van der Waals surface area contributed by atoms with Crippen molar-refractivity contribution in [2.75, 3.05) is 11.3 Å². The molecule has 19 heavy (non-hydrogen) atoms. The maximum atomic E-state index is 9.01. The SMILES string of the molecule is Cc1ncc(C[n+]2csc(CCO)c2C)c(NS)n1. The molecule has 0 atom stereocenters. The van der Waals surface area contributed by atoms with Crippen LogP contribution in [-0.2, 0) is 13.0 Å². The molecular weight excluding hydrogens is 280 g/mol. The number of thiol groups is 1. The lowest BCUT2D eigenvalue weighted by Crippen LogP contribution is -2.35. The van der Waals surface area contributed by atoms with E-state index < -0.39 is 0 Å². The average molecular weight is 297 g/mol. The zero-order valence-electron chi connectivity index (χ0n) is 10.9. The second kappa shape index (κ2) is 6.31. The number of hydrogen-bond acceptors (Lipinski definition) is 6. The summed E-state index contributed by atoms with van der Waals surface area (Å²) in [6, 6.07) is 0. The second-order valence-electron chi connectivity index (χ2n) is 4.24. The van der Waals surface area contributed by atoms with Gasteiger partial charge in [0, 0.05) is 26.1 Å². The molecule has 2 heterocycles. The molecule has 0 unspecified atom stereocenters. The molecule has 2 N–H and O–H groups in total. The van der Waals surface area contributed by atoms with Crippen molar-refractivity contribution < 1.29 is 9.67 Å². The fourth-order valence-electron chi connectivity index (χ4n) is 1.84. The van der Waals surface area contributed by atoms with Crippen molar-refractivity contribution in [3.63, 3.8) is 0 Å². The molecule has 0 aliphatic rings. The summed E-state index contributed by atoms with van der Waals surface area (Å²) in [5.74, 6) is 1.45. The lowest BCUT2D eigenvalue weighted by molar-refractivity contribution is -0.689. The molecule has 0 aliphatic heterocycles. The smallest absolute Gasteiger partial charge is 0.225 e. The van der Waals surface area contributed by atoms with Gasteiger partial charge < -0.3 is 9.83 Å². The summed E-state index contributed by atoms with van der Waals surface area (Å²) in [5, 5.41) is 9.01. The van der Waals surface area contributed by atoms with Gasteiger partial charge in [-0.05, 0) is 6.92 Å². The standard InChI is InChI=1S/C12H17N4OS2/c1-8-11(3-4-17)19-7-16(8)6-10-5-13-9(2)14-12(10)15-18/h5,7,17-18H,3-4,6H2,1-2H3,(H,13,14,15)/q+1. The van der Waals surface area contributed by atoms with Crippen molar-refractivity contribution in [1.82, 2.24) is 9.97 Å². The summed E-state index contributed by atoms with van der Waals surface area (Å²) in [4.78, 5) is 9.74. The molecule has 0 radical (unpaired) electrons. The Morgan fingerprint density at radius 1 is 1.47 bits per heavy atom. The number of nitrogens with zero attached hydrogens (tertiary/aromatic N) is 3. The van der Waals surface area contributed by atoms with Crippen LogP contribution in [-0.4, -0.2) is 21.7 Å². The van der Waals surface area contributed by atoms with E-state index in [0.29, 0.717) is 18.8 Å². The van der Waals surface area contributed by atoms with Gasteiger partial charge in [0.15, 0.2) is 12.2 Å². The third-order valence-corrected chi connectivity index (χ3v) is 4.28. The number of nitrogens with one attached hydrogen (secondary N) is 1. The number of thiazole rings is 1. The Kier molecular flexibility index (Phi) is 4.73. The molecule has 0 saturated heterocycles. The Morgan fingerprint density at radius 2 is 2.26 bits per heavy atom. The molecule has 5 nitrogen and oxygen atoms in total. The first kappa shape index (κ1) is 14.2. The van der Waals surface area contributed by atoms with Crippen molar-refractivity contribution in [3.8, 4) is 0 Å². The van der Waals surface area contributed by atoms with E-state index in [-0.39, 0.29) is 6.61 Å². The normalized spacial score (nSPS) is 10.7. The van der Waals surface area contributed by atoms with Crippen LogP contribution in [0.5, 0.6) is 0 Å². The van der Waals surface area contributed by atoms with Gasteiger partial charge in [-0.1, -0.05) is 24.2 Å². The highest BCUT2D eigenvalue weighted by Gasteiger charge is 2.17. The maximum Gasteiger partial charge on any atom is 0.225 e. The molecule has 2 aromatic heterocycles. The van der Waals surface area contributed by atoms with E-state index in [9.17, 15) is 0 Å². The molecule has 2 aromatic rings. The van der Waals surface area contributed by atoms with Crippen LogP contribution < -0.4 is 9.29 Å². The van der Waals surface area contributed by atoms with Crippen LogP contribution in [0.1, 0.15) is 22.0 Å². The van der Waals surface area contributed by atoms with Crippen LogP contribution in [0.15, 0.2) is 11.7 Å². The maximum absolute atomic E-state index is 9.01. The van der Waals surface area contributed by atoms with Crippen molar-refractivity contribution >= 4 is 30.0 Å². The summed E-state index contributed by atoms with van der Waals surface area (Å²) < 4.78 is 4.94. The Bertz CT molecular complexity index is 571. The predicted octanol–water partition coefficient (Wildman–Crippen LogP) is 1.28. The van der Waals surface area contributed by atoms with Gasteiger partial charge in [-0.2, -0.15) is 4.57 Å². The van der Waals surface area contributed by atoms with Gasteiger partial charge in [0.25, 0.3) is 0 Å². The zero-order chi connectivity index (χ0) is 13.8. The number of aliphatic hydroxyl groups is 1. The molecule has 0 fully saturated rings. The predicted molar refractivity (Wildman–Crippen MR) is 78.5 cm³/mol. The Labute approximate surface area is 121 Å². The highest BCUT2D eigenvalue weighted by Crippen LogP contribution is 2.15. The Hall–Kier alpha value is -1.18. The minimum atomic E-state index is 0.179. The van der Waals surface area contributed by atoms with Gasteiger partial charge in [0.1, 0.15) is 11.6 Å². The van der Waals surface area contributed by atoms with E-state index in [2.05, 4.69) is 44.5 Å². The van der Waals surface area contributed by atoms with Gasteiger partial charge in [-0.3, -0.25) is 0 Å². The van der Waals surface area contributed by atoms with Gasteiger partial charge in [-0.25, -0.2) is 9.97 Å². The summed E-state index contributed by atoms with van der Waals surface area (Å²) in [6.07, 6.45) is 2.52. The summed E-state index contributed by atoms with van der Waals surface area (Å²) in [6.45, 7) is 4.78. The fourth-order valence-corrected chi connectivity index (χ4v) is 3.02. The molecule has 2 rings (SSSR count). The van der Waals surface area contributed by atoms with E-state index in [0.717, 1.165) is 11.4 Å². The third-order valence-electron chi connectivity index (χ3n) is 2.93. The zero-order valence-corrected chi connectivity index (χ0v) is 12.6. The van der Waals surface area contributed by atoms with Gasteiger partial charge in [0.2, 0.25) is 5.51 Å². The quantitative estimate of drug-likeness (QED) is 0.575. The summed E-state index contributed by atoms with van der Waals surface area (Å²) in [7, 11) is 0. The first-order chi connectivity index (χ1) is 9.15. The van der Waals surface area contributed by atoms with Crippen LogP contribution in [0.25, 0.3) is 0 Å². The van der Waals surface area contributed by atoms with E-state index in [4.69, 9.17) is 5.11 Å². The average Bonchev–Trinajstić information content (AvgIpc) is 2.74. The Morgan fingerprint density at radius 3 is 2.95 bits per heavy atom. The fraction of sp³-hybridized carbons (Fsp3) is 0.417. The van der Waals surface area contributed by atoms with Gasteiger partial charge in [0.05, 0.1) is 10.4 Å². The van der Waals surface area contributed by atoms with Crippen LogP contribution in [0.4, 0.5) is 5.82 Å². The minimum absolute atomic E-state index is 0.179. The summed E-state index contributed by atoms with van der Waals surface area (Å²) >= 11 is 5.74. The highest BCUT2D eigenvalue weighted by atomic mass is 32.1. The van der Waals surface area contributed by atoms with Crippen molar-refractivity contribution in [2.24, 2.45) is 0 Å². The summed E-state index contributed by atoms with van der Waals surface area (Å²) in [5.41, 5.74) is 4.22. The molecule has 0 spiro atoms. The monoisotopic (exact) mass is 297 g/mol. The van der Waals surface area contributed by atoms with Crippen molar-refractivity contribution in [1.29, 1.82) is 0 Å². The molecular formula is C12H17N4OS2+. The number of aromatic nitrogens is 3. The lowest BCUT2D eigenvalue weighted by Gasteiger charge is -2.05. The van der Waals surface area contributed by atoms with Crippen molar-refractivity contribution in [2.45, 2.75) is 26.8 Å². The first-order valence-corrected chi connectivity index (χ1v) is 7.28. The number of aliphatic hydroxyl groups excluding tert-OH is 1. The lowest BCUT2D eigenvalue weighted by atomic mass is 10.2. The topological polar surface area (TPSA) is 61.9 Å². The Balaban J connectivity index is 2.26. The van der Waals surface area contributed by atoms with E-state index in [1.807, 2.05) is 13.1 Å². The highest BCUT2D eigenvalue weighted by molar-refractivity contribution is 7.81. The largest absolute Gasteiger partial charge is 0.396 e. The number of aryl methyl sites for hydroxylation is 1. The van der Waals surface area contributed by atoms with Gasteiger partial charge >= 0.3 is 0 Å². The number of rotatable bonds is 5.